The van der Waals surface area contributed by atoms with Gasteiger partial charge in [0.05, 0.1) is 25.6 Å². The number of nitrogen functional groups attached to an aromatic ring is 1. The number of methoxy groups -OCH3 is 2. The first-order valence-corrected chi connectivity index (χ1v) is 6.29. The first kappa shape index (κ1) is 16.7. The third-order valence-corrected chi connectivity index (χ3v) is 2.86. The van der Waals surface area contributed by atoms with Crippen molar-refractivity contribution in [3.63, 3.8) is 0 Å². The highest BCUT2D eigenvalue weighted by molar-refractivity contribution is 6.01. The molecular formula is C13H22N6O2. The fraction of sp³-hybridized carbons (Fsp3) is 0.462. The number of anilines is 1. The highest BCUT2D eigenvalue weighted by atomic mass is 16.5. The fourth-order valence-corrected chi connectivity index (χ4v) is 1.70. The van der Waals surface area contributed by atoms with Gasteiger partial charge in [0.2, 0.25) is 5.90 Å². The number of likely N-dealkylation sites (N-methyl/N-ethyl adjacent to an activating group) is 1. The molecule has 8 nitrogen and oxygen atoms in total. The molecule has 0 bridgehead atoms. The number of nitrogens with two attached hydrogens (primary N) is 1. The molecule has 1 aromatic rings. The quantitative estimate of drug-likeness (QED) is 0.529. The summed E-state index contributed by atoms with van der Waals surface area (Å²) in [6.45, 7) is 0.277. The Morgan fingerprint density at radius 1 is 1.48 bits per heavy atom. The molecule has 8 heteroatoms. The number of nitrogens with one attached hydrogen (secondary N) is 2. The largest absolute Gasteiger partial charge is 0.481 e. The van der Waals surface area contributed by atoms with E-state index in [1.807, 2.05) is 0 Å². The van der Waals surface area contributed by atoms with E-state index in [2.05, 4.69) is 5.10 Å². The number of ether oxygens (including phenoxy) is 2. The molecule has 116 valence electrons. The molecular weight excluding hydrogens is 272 g/mol. The molecule has 0 radical (unpaired) electrons. The summed E-state index contributed by atoms with van der Waals surface area (Å²) in [5.74, 6) is 0.200. The SMILES string of the molecule is COCC(/C(=C/C(=N)N(C)C)C(=N)OC)n1cc(N)cn1. The lowest BCUT2D eigenvalue weighted by Crippen LogP contribution is -2.26. The summed E-state index contributed by atoms with van der Waals surface area (Å²) in [4.78, 5) is 1.63. The van der Waals surface area contributed by atoms with Crippen LogP contribution >= 0.6 is 0 Å². The summed E-state index contributed by atoms with van der Waals surface area (Å²) in [5.41, 5.74) is 6.69. The first-order valence-electron chi connectivity index (χ1n) is 6.29. The summed E-state index contributed by atoms with van der Waals surface area (Å²) in [5, 5.41) is 20.1. The topological polar surface area (TPSA) is 113 Å². The van der Waals surface area contributed by atoms with Crippen molar-refractivity contribution in [3.8, 4) is 0 Å². The molecule has 1 unspecified atom stereocenters. The molecule has 21 heavy (non-hydrogen) atoms. The minimum absolute atomic E-state index is 0.0438. The molecule has 1 heterocycles. The lowest BCUT2D eigenvalue weighted by Gasteiger charge is -2.21. The second-order valence-corrected chi connectivity index (χ2v) is 4.64. The zero-order valence-corrected chi connectivity index (χ0v) is 12.8. The van der Waals surface area contributed by atoms with Crippen LogP contribution in [0.2, 0.25) is 0 Å². The Labute approximate surface area is 124 Å². The van der Waals surface area contributed by atoms with Crippen LogP contribution in [0.15, 0.2) is 24.0 Å². The standard InChI is InChI=1S/C13H22N6O2/c1-18(2)12(15)5-10(13(16)21-4)11(8-20-3)19-7-9(14)6-17-19/h5-7,11,15-16H,8,14H2,1-4H3/b10-5-,15-12?,16-13?. The summed E-state index contributed by atoms with van der Waals surface area (Å²) < 4.78 is 11.8. The Bertz CT molecular complexity index is 535. The van der Waals surface area contributed by atoms with Gasteiger partial charge >= 0.3 is 0 Å². The van der Waals surface area contributed by atoms with E-state index in [1.165, 1.54) is 13.3 Å². The highest BCUT2D eigenvalue weighted by Gasteiger charge is 2.23. The van der Waals surface area contributed by atoms with E-state index in [1.54, 1.807) is 43.1 Å². The van der Waals surface area contributed by atoms with Crippen LogP contribution in [-0.4, -0.2) is 61.3 Å². The van der Waals surface area contributed by atoms with E-state index in [0.717, 1.165) is 0 Å². The second kappa shape index (κ2) is 7.44. The van der Waals surface area contributed by atoms with Gasteiger partial charge in [0, 0.05) is 33.0 Å². The van der Waals surface area contributed by atoms with Crippen LogP contribution in [0.5, 0.6) is 0 Å². The molecule has 0 aliphatic carbocycles. The van der Waals surface area contributed by atoms with Gasteiger partial charge in [0.25, 0.3) is 0 Å². The van der Waals surface area contributed by atoms with Gasteiger partial charge in [-0.15, -0.1) is 0 Å². The van der Waals surface area contributed by atoms with Gasteiger partial charge < -0.3 is 20.1 Å². The van der Waals surface area contributed by atoms with Crippen LogP contribution < -0.4 is 5.73 Å². The number of hydrogen-bond acceptors (Lipinski definition) is 6. The molecule has 0 saturated heterocycles. The van der Waals surface area contributed by atoms with E-state index in [9.17, 15) is 0 Å². The summed E-state index contributed by atoms with van der Waals surface area (Å²) in [6, 6.07) is -0.403. The Morgan fingerprint density at radius 3 is 2.57 bits per heavy atom. The number of nitrogens with zero attached hydrogens (tertiary/aromatic N) is 3. The maximum absolute atomic E-state index is 7.96. The number of amidine groups is 1. The van der Waals surface area contributed by atoms with Gasteiger partial charge in [-0.3, -0.25) is 15.5 Å². The van der Waals surface area contributed by atoms with E-state index < -0.39 is 6.04 Å². The Balaban J connectivity index is 3.24. The maximum Gasteiger partial charge on any atom is 0.211 e. The smallest absolute Gasteiger partial charge is 0.211 e. The van der Waals surface area contributed by atoms with Crippen molar-refractivity contribution in [1.82, 2.24) is 14.7 Å². The van der Waals surface area contributed by atoms with Crippen molar-refractivity contribution in [2.75, 3.05) is 40.7 Å². The van der Waals surface area contributed by atoms with Crippen molar-refractivity contribution in [3.05, 3.63) is 24.0 Å². The summed E-state index contributed by atoms with van der Waals surface area (Å²) in [7, 11) is 6.48. The van der Waals surface area contributed by atoms with Crippen LogP contribution in [0.1, 0.15) is 6.04 Å². The van der Waals surface area contributed by atoms with Crippen molar-refractivity contribution >= 4 is 17.4 Å². The van der Waals surface area contributed by atoms with Gasteiger partial charge in [-0.2, -0.15) is 5.10 Å². The van der Waals surface area contributed by atoms with Crippen molar-refractivity contribution in [1.29, 1.82) is 10.8 Å². The minimum atomic E-state index is -0.403. The molecule has 0 aromatic carbocycles. The average molecular weight is 294 g/mol. The summed E-state index contributed by atoms with van der Waals surface area (Å²) >= 11 is 0. The molecule has 1 aromatic heterocycles. The predicted octanol–water partition coefficient (Wildman–Crippen LogP) is 0.742. The third kappa shape index (κ3) is 4.32. The molecule has 1 rings (SSSR count). The normalized spacial score (nSPS) is 12.9. The second-order valence-electron chi connectivity index (χ2n) is 4.64. The zero-order chi connectivity index (χ0) is 16.0. The van der Waals surface area contributed by atoms with Gasteiger partial charge in [-0.25, -0.2) is 0 Å². The average Bonchev–Trinajstić information content (AvgIpc) is 2.87. The van der Waals surface area contributed by atoms with Crippen molar-refractivity contribution in [2.45, 2.75) is 6.04 Å². The third-order valence-electron chi connectivity index (χ3n) is 2.86. The van der Waals surface area contributed by atoms with Crippen LogP contribution in [0.3, 0.4) is 0 Å². The summed E-state index contributed by atoms with van der Waals surface area (Å²) in [6.07, 6.45) is 4.74. The molecule has 0 aliphatic heterocycles. The van der Waals surface area contributed by atoms with Crippen LogP contribution in [0, 0.1) is 10.8 Å². The van der Waals surface area contributed by atoms with E-state index in [0.29, 0.717) is 11.3 Å². The first-order chi connectivity index (χ1) is 9.90. The number of hydrogen-bond donors (Lipinski definition) is 3. The maximum atomic E-state index is 7.96. The Kier molecular flexibility index (Phi) is 5.92. The molecule has 0 saturated carbocycles. The van der Waals surface area contributed by atoms with Crippen molar-refractivity contribution < 1.29 is 9.47 Å². The minimum Gasteiger partial charge on any atom is -0.481 e. The fourth-order valence-electron chi connectivity index (χ4n) is 1.70. The number of aromatic nitrogens is 2. The predicted molar refractivity (Wildman–Crippen MR) is 81.8 cm³/mol. The number of rotatable bonds is 6. The highest BCUT2D eigenvalue weighted by Crippen LogP contribution is 2.20. The molecule has 0 spiro atoms. The Morgan fingerprint density at radius 2 is 2.14 bits per heavy atom. The van der Waals surface area contributed by atoms with Crippen molar-refractivity contribution in [2.24, 2.45) is 0 Å². The van der Waals surface area contributed by atoms with Gasteiger partial charge in [-0.1, -0.05) is 0 Å². The molecule has 1 atom stereocenters. The van der Waals surface area contributed by atoms with Gasteiger partial charge in [0.1, 0.15) is 11.9 Å². The van der Waals surface area contributed by atoms with E-state index >= 15 is 0 Å². The lowest BCUT2D eigenvalue weighted by molar-refractivity contribution is 0.163. The Hall–Kier alpha value is -2.35. The van der Waals surface area contributed by atoms with Crippen LogP contribution in [-0.2, 0) is 9.47 Å². The van der Waals surface area contributed by atoms with Gasteiger partial charge in [0.15, 0.2) is 0 Å². The molecule has 0 fully saturated rings. The zero-order valence-electron chi connectivity index (χ0n) is 12.8. The van der Waals surface area contributed by atoms with E-state index in [-0.39, 0.29) is 18.3 Å². The molecule has 0 aliphatic rings. The van der Waals surface area contributed by atoms with E-state index in [4.69, 9.17) is 26.0 Å². The molecule has 4 N–H and O–H groups in total. The van der Waals surface area contributed by atoms with Crippen LogP contribution in [0.25, 0.3) is 0 Å². The monoisotopic (exact) mass is 294 g/mol. The lowest BCUT2D eigenvalue weighted by atomic mass is 10.1. The molecule has 0 amide bonds. The van der Waals surface area contributed by atoms with Crippen LogP contribution in [0.4, 0.5) is 5.69 Å². The van der Waals surface area contributed by atoms with Gasteiger partial charge in [-0.05, 0) is 6.08 Å².